The van der Waals surface area contributed by atoms with E-state index in [1.165, 1.54) is 6.42 Å². The highest BCUT2D eigenvalue weighted by Gasteiger charge is 2.36. The average Bonchev–Trinajstić information content (AvgIpc) is 3.52. The number of piperazine rings is 1. The van der Waals surface area contributed by atoms with E-state index in [4.69, 9.17) is 5.73 Å². The molecule has 0 bridgehead atoms. The van der Waals surface area contributed by atoms with Gasteiger partial charge in [-0.15, -0.1) is 5.10 Å². The summed E-state index contributed by atoms with van der Waals surface area (Å²) < 4.78 is 1.69. The summed E-state index contributed by atoms with van der Waals surface area (Å²) in [5.41, 5.74) is 10.3. The van der Waals surface area contributed by atoms with Gasteiger partial charge in [0, 0.05) is 30.9 Å². The van der Waals surface area contributed by atoms with Gasteiger partial charge in [-0.25, -0.2) is 9.67 Å². The second-order valence-corrected chi connectivity index (χ2v) is 10.1. The molecule has 2 fully saturated rings. The molecular formula is C27H31N7O2. The number of aromatic nitrogens is 4. The molecule has 0 spiro atoms. The molecule has 2 saturated heterocycles. The van der Waals surface area contributed by atoms with Crippen LogP contribution in [0.5, 0.6) is 0 Å². The third-order valence-corrected chi connectivity index (χ3v) is 7.82. The van der Waals surface area contributed by atoms with Crippen molar-refractivity contribution in [2.75, 3.05) is 30.3 Å². The Morgan fingerprint density at radius 1 is 1.03 bits per heavy atom. The molecule has 186 valence electrons. The van der Waals surface area contributed by atoms with Gasteiger partial charge in [-0.1, -0.05) is 29.8 Å². The fourth-order valence-electron chi connectivity index (χ4n) is 5.89. The van der Waals surface area contributed by atoms with Gasteiger partial charge in [-0.05, 0) is 67.5 Å². The van der Waals surface area contributed by atoms with Crippen molar-refractivity contribution in [3.8, 4) is 0 Å². The Hall–Kier alpha value is -3.59. The van der Waals surface area contributed by atoms with Crippen LogP contribution in [0, 0.1) is 0 Å². The number of amides is 1. The predicted molar refractivity (Wildman–Crippen MR) is 136 cm³/mol. The Kier molecular flexibility index (Phi) is 6.00. The van der Waals surface area contributed by atoms with E-state index < -0.39 is 0 Å². The number of piperidine rings is 1. The van der Waals surface area contributed by atoms with E-state index >= 15 is 0 Å². The Balaban J connectivity index is 1.08. The number of rotatable bonds is 6. The topological polar surface area (TPSA) is 110 Å². The van der Waals surface area contributed by atoms with E-state index in [-0.39, 0.29) is 23.7 Å². The molecule has 9 heteroatoms. The zero-order chi connectivity index (χ0) is 24.6. The van der Waals surface area contributed by atoms with Crippen LogP contribution < -0.4 is 10.6 Å². The summed E-state index contributed by atoms with van der Waals surface area (Å²) in [6.07, 6.45) is 7.14. The van der Waals surface area contributed by atoms with Gasteiger partial charge in [0.15, 0.2) is 5.78 Å². The van der Waals surface area contributed by atoms with Crippen LogP contribution in [0.4, 0.5) is 11.5 Å². The summed E-state index contributed by atoms with van der Waals surface area (Å²) in [6, 6.07) is 11.9. The van der Waals surface area contributed by atoms with Gasteiger partial charge in [-0.3, -0.25) is 14.5 Å². The number of ketones is 1. The van der Waals surface area contributed by atoms with Crippen LogP contribution >= 0.6 is 0 Å². The smallest absolute Gasteiger partial charge is 0.244 e. The number of anilines is 2. The van der Waals surface area contributed by atoms with Gasteiger partial charge in [0.2, 0.25) is 5.91 Å². The number of benzene rings is 1. The molecule has 2 aromatic heterocycles. The van der Waals surface area contributed by atoms with Gasteiger partial charge in [0.1, 0.15) is 11.5 Å². The van der Waals surface area contributed by atoms with E-state index in [0.29, 0.717) is 24.5 Å². The molecule has 36 heavy (non-hydrogen) atoms. The number of Topliss-reactive ketones (excluding diaryl/α,β-unsaturated/α-hetero) is 1. The molecule has 6 rings (SSSR count). The minimum Gasteiger partial charge on any atom is -0.384 e. The Labute approximate surface area is 210 Å². The maximum absolute atomic E-state index is 13.0. The highest BCUT2D eigenvalue weighted by atomic mass is 16.2. The van der Waals surface area contributed by atoms with Crippen molar-refractivity contribution < 1.29 is 9.59 Å². The first-order valence-electron chi connectivity index (χ1n) is 12.9. The normalized spacial score (nSPS) is 21.9. The fourth-order valence-corrected chi connectivity index (χ4v) is 5.89. The third-order valence-electron chi connectivity index (χ3n) is 7.82. The van der Waals surface area contributed by atoms with Crippen LogP contribution in [0.15, 0.2) is 42.6 Å². The molecular weight excluding hydrogens is 454 g/mol. The molecule has 1 aromatic carbocycles. The summed E-state index contributed by atoms with van der Waals surface area (Å²) >= 11 is 0. The van der Waals surface area contributed by atoms with Crippen molar-refractivity contribution in [3.05, 3.63) is 65.1 Å². The zero-order valence-corrected chi connectivity index (χ0v) is 20.3. The van der Waals surface area contributed by atoms with Crippen molar-refractivity contribution in [1.29, 1.82) is 0 Å². The fraction of sp³-hybridized carbons (Fsp3) is 0.444. The summed E-state index contributed by atoms with van der Waals surface area (Å²) in [5, 5.41) is 8.31. The van der Waals surface area contributed by atoms with Crippen molar-refractivity contribution in [3.63, 3.8) is 0 Å². The molecule has 3 aliphatic rings. The first kappa shape index (κ1) is 22.8. The number of carbonyl (C=O) groups is 2. The number of fused-ring (bicyclic) bond motifs is 2. The van der Waals surface area contributed by atoms with Crippen molar-refractivity contribution in [2.45, 2.75) is 57.0 Å². The lowest BCUT2D eigenvalue weighted by Gasteiger charge is -2.43. The van der Waals surface area contributed by atoms with Crippen LogP contribution in [0.1, 0.15) is 65.3 Å². The van der Waals surface area contributed by atoms with Gasteiger partial charge in [0.25, 0.3) is 0 Å². The van der Waals surface area contributed by atoms with Crippen LogP contribution in [0.3, 0.4) is 0 Å². The molecule has 3 aromatic rings. The first-order valence-corrected chi connectivity index (χ1v) is 12.9. The summed E-state index contributed by atoms with van der Waals surface area (Å²) in [7, 11) is 0. The lowest BCUT2D eigenvalue weighted by atomic mass is 9.95. The largest absolute Gasteiger partial charge is 0.384 e. The maximum atomic E-state index is 13.0. The molecule has 2 unspecified atom stereocenters. The molecule has 1 amide bonds. The van der Waals surface area contributed by atoms with Crippen molar-refractivity contribution in [2.24, 2.45) is 0 Å². The van der Waals surface area contributed by atoms with Gasteiger partial charge >= 0.3 is 0 Å². The predicted octanol–water partition coefficient (Wildman–Crippen LogP) is 2.81. The second-order valence-electron chi connectivity index (χ2n) is 10.1. The van der Waals surface area contributed by atoms with Gasteiger partial charge < -0.3 is 10.6 Å². The molecule has 0 radical (unpaired) electrons. The Morgan fingerprint density at radius 3 is 2.75 bits per heavy atom. The van der Waals surface area contributed by atoms with Gasteiger partial charge in [0.05, 0.1) is 18.8 Å². The van der Waals surface area contributed by atoms with E-state index in [1.54, 1.807) is 16.9 Å². The quantitative estimate of drug-likeness (QED) is 0.535. The number of pyridine rings is 1. The molecule has 2 N–H and O–H groups in total. The van der Waals surface area contributed by atoms with E-state index in [1.807, 2.05) is 35.2 Å². The third kappa shape index (κ3) is 4.39. The van der Waals surface area contributed by atoms with Crippen molar-refractivity contribution >= 4 is 23.2 Å². The highest BCUT2D eigenvalue weighted by molar-refractivity contribution is 5.98. The van der Waals surface area contributed by atoms with Crippen LogP contribution in [-0.4, -0.2) is 62.2 Å². The molecule has 0 saturated carbocycles. The Bertz CT molecular complexity index is 1290. The minimum absolute atomic E-state index is 0.00774. The SMILES string of the molecule is Nc1ccc2c(n1)CCC2CC(=O)c1cn(Cc2ccc(N3CCN4CCCCC4C3=O)cc2)nn1. The molecule has 9 nitrogen and oxygen atoms in total. The molecule has 1 aliphatic carbocycles. The second kappa shape index (κ2) is 9.46. The molecule has 2 aliphatic heterocycles. The number of carbonyl (C=O) groups excluding carboxylic acids is 2. The number of nitrogens with zero attached hydrogens (tertiary/aromatic N) is 6. The highest BCUT2D eigenvalue weighted by Crippen LogP contribution is 2.35. The summed E-state index contributed by atoms with van der Waals surface area (Å²) in [5.74, 6) is 0.885. The lowest BCUT2D eigenvalue weighted by molar-refractivity contribution is -0.127. The number of hydrogen-bond donors (Lipinski definition) is 1. The van der Waals surface area contributed by atoms with Crippen LogP contribution in [0.2, 0.25) is 0 Å². The average molecular weight is 486 g/mol. The Morgan fingerprint density at radius 2 is 1.89 bits per heavy atom. The van der Waals surface area contributed by atoms with Crippen LogP contribution in [0.25, 0.3) is 0 Å². The molecule has 4 heterocycles. The van der Waals surface area contributed by atoms with Gasteiger partial charge in [-0.2, -0.15) is 0 Å². The number of aryl methyl sites for hydroxylation is 1. The number of hydrogen-bond acceptors (Lipinski definition) is 7. The van der Waals surface area contributed by atoms with Crippen LogP contribution in [-0.2, 0) is 17.8 Å². The van der Waals surface area contributed by atoms with E-state index in [9.17, 15) is 9.59 Å². The number of nitrogens with two attached hydrogens (primary N) is 1. The summed E-state index contributed by atoms with van der Waals surface area (Å²) in [6.45, 7) is 3.22. The molecule has 2 atom stereocenters. The summed E-state index contributed by atoms with van der Waals surface area (Å²) in [4.78, 5) is 34.6. The monoisotopic (exact) mass is 485 g/mol. The number of nitrogen functional groups attached to an aromatic ring is 1. The van der Waals surface area contributed by atoms with E-state index in [0.717, 1.165) is 67.8 Å². The van der Waals surface area contributed by atoms with E-state index in [2.05, 4.69) is 20.2 Å². The standard InChI is InChI=1S/C27H31N7O2/c28-26-11-9-21-19(6-10-22(21)29-26)15-25(35)23-17-33(31-30-23)16-18-4-7-20(8-5-18)34-14-13-32-12-2-1-3-24(32)27(34)36/h4-5,7-9,11,17,19,24H,1-3,6,10,12-16H2,(H2,28,29). The lowest BCUT2D eigenvalue weighted by Crippen LogP contribution is -2.58. The minimum atomic E-state index is -0.00774. The zero-order valence-electron chi connectivity index (χ0n) is 20.3. The maximum Gasteiger partial charge on any atom is 0.244 e. The van der Waals surface area contributed by atoms with Crippen molar-refractivity contribution in [1.82, 2.24) is 24.9 Å². The first-order chi connectivity index (χ1) is 17.5.